The first-order valence-electron chi connectivity index (χ1n) is 17.1. The van der Waals surface area contributed by atoms with Gasteiger partial charge < -0.3 is 30.1 Å². The standard InChI is InChI=1S/C38H51N5O4/c1-41-22-10-16-33(41)19-21-40-37(45)34(24-28-11-5-4-6-12-28)43(3)38(46)35(25-29-17-18-30-13-7-8-14-31(30)23-29)42(2)36(44)27-47-26-32-15-9-20-39-32/h4-8,11-14,17-18,23,32-35,39H,9-10,15-16,19-22,24-27H2,1-3H3,(H,40,45)/t32-,33?,34-,35-/m1/s1. The van der Waals surface area contributed by atoms with E-state index >= 15 is 0 Å². The van der Waals surface area contributed by atoms with Crippen LogP contribution in [-0.4, -0.2) is 111 Å². The lowest BCUT2D eigenvalue weighted by atomic mass is 9.98. The summed E-state index contributed by atoms with van der Waals surface area (Å²) in [6, 6.07) is 23.2. The van der Waals surface area contributed by atoms with E-state index in [0.29, 0.717) is 32.0 Å². The highest BCUT2D eigenvalue weighted by molar-refractivity contribution is 5.92. The molecular formula is C38H51N5O4. The van der Waals surface area contributed by atoms with Crippen molar-refractivity contribution in [2.75, 3.05) is 54.0 Å². The molecule has 3 aromatic rings. The number of likely N-dealkylation sites (tertiary alicyclic amines) is 1. The molecule has 3 aromatic carbocycles. The molecule has 2 aliphatic rings. The first-order valence-corrected chi connectivity index (χ1v) is 17.1. The van der Waals surface area contributed by atoms with Crippen LogP contribution in [0.2, 0.25) is 0 Å². The van der Waals surface area contributed by atoms with Gasteiger partial charge in [0.2, 0.25) is 17.7 Å². The van der Waals surface area contributed by atoms with Crippen molar-refractivity contribution >= 4 is 28.5 Å². The van der Waals surface area contributed by atoms with Gasteiger partial charge >= 0.3 is 0 Å². The minimum absolute atomic E-state index is 0.108. The van der Waals surface area contributed by atoms with Gasteiger partial charge in [0.25, 0.3) is 0 Å². The number of carbonyl (C=O) groups is 3. The molecule has 0 aromatic heterocycles. The zero-order valence-corrected chi connectivity index (χ0v) is 28.2. The normalized spacial score (nSPS) is 19.4. The summed E-state index contributed by atoms with van der Waals surface area (Å²) in [7, 11) is 5.49. The van der Waals surface area contributed by atoms with E-state index in [9.17, 15) is 14.4 Å². The monoisotopic (exact) mass is 641 g/mol. The number of amides is 3. The highest BCUT2D eigenvalue weighted by Crippen LogP contribution is 2.21. The minimum Gasteiger partial charge on any atom is -0.370 e. The molecule has 0 bridgehead atoms. The van der Waals surface area contributed by atoms with Crippen LogP contribution in [0.4, 0.5) is 0 Å². The van der Waals surface area contributed by atoms with E-state index in [4.69, 9.17) is 4.74 Å². The SMILES string of the molecule is CN1CCCC1CCNC(=O)[C@@H](Cc1ccccc1)N(C)C(=O)[C@@H](Cc1ccc2ccccc2c1)N(C)C(=O)COC[C@H]1CCCN1. The van der Waals surface area contributed by atoms with E-state index in [1.54, 1.807) is 19.0 Å². The summed E-state index contributed by atoms with van der Waals surface area (Å²) in [5.74, 6) is -0.727. The number of rotatable bonds is 15. The Morgan fingerprint density at radius 3 is 2.36 bits per heavy atom. The van der Waals surface area contributed by atoms with Crippen LogP contribution < -0.4 is 10.6 Å². The van der Waals surface area contributed by atoms with Crippen LogP contribution in [0, 0.1) is 0 Å². The third-order valence-corrected chi connectivity index (χ3v) is 9.93. The molecule has 9 nitrogen and oxygen atoms in total. The van der Waals surface area contributed by atoms with Crippen LogP contribution in [0.15, 0.2) is 72.8 Å². The molecule has 2 fully saturated rings. The zero-order valence-electron chi connectivity index (χ0n) is 28.2. The van der Waals surface area contributed by atoms with E-state index in [2.05, 4.69) is 34.7 Å². The molecule has 2 N–H and O–H groups in total. The van der Waals surface area contributed by atoms with Gasteiger partial charge in [0.15, 0.2) is 0 Å². The van der Waals surface area contributed by atoms with Crippen LogP contribution >= 0.6 is 0 Å². The van der Waals surface area contributed by atoms with Gasteiger partial charge in [-0.15, -0.1) is 0 Å². The summed E-state index contributed by atoms with van der Waals surface area (Å²) in [5.41, 5.74) is 1.91. The van der Waals surface area contributed by atoms with E-state index in [-0.39, 0.29) is 30.4 Å². The molecule has 2 saturated heterocycles. The highest BCUT2D eigenvalue weighted by Gasteiger charge is 2.35. The Morgan fingerprint density at radius 2 is 1.64 bits per heavy atom. The van der Waals surface area contributed by atoms with Gasteiger partial charge in [-0.25, -0.2) is 0 Å². The first kappa shape index (κ1) is 34.5. The number of carbonyl (C=O) groups excluding carboxylic acids is 3. The van der Waals surface area contributed by atoms with Gasteiger partial charge in [-0.3, -0.25) is 14.4 Å². The van der Waals surface area contributed by atoms with Gasteiger partial charge in [0.05, 0.1) is 6.61 Å². The Morgan fingerprint density at radius 1 is 0.894 bits per heavy atom. The number of hydrogen-bond donors (Lipinski definition) is 2. The van der Waals surface area contributed by atoms with Crippen LogP contribution in [0.3, 0.4) is 0 Å². The Labute approximate surface area is 279 Å². The van der Waals surface area contributed by atoms with Crippen molar-refractivity contribution in [1.82, 2.24) is 25.3 Å². The fraction of sp³-hybridized carbons (Fsp3) is 0.500. The predicted octanol–water partition coefficient (Wildman–Crippen LogP) is 3.65. The number of fused-ring (bicyclic) bond motifs is 1. The maximum atomic E-state index is 14.5. The molecule has 9 heteroatoms. The minimum atomic E-state index is -0.819. The molecule has 5 rings (SSSR count). The third-order valence-electron chi connectivity index (χ3n) is 9.93. The molecule has 3 amide bonds. The second kappa shape index (κ2) is 16.9. The molecule has 2 heterocycles. The van der Waals surface area contributed by atoms with Crippen molar-refractivity contribution in [3.8, 4) is 0 Å². The Balaban J connectivity index is 1.34. The van der Waals surface area contributed by atoms with Gasteiger partial charge in [-0.05, 0) is 74.1 Å². The van der Waals surface area contributed by atoms with Gasteiger partial charge in [-0.2, -0.15) is 0 Å². The summed E-state index contributed by atoms with van der Waals surface area (Å²) < 4.78 is 5.81. The summed E-state index contributed by atoms with van der Waals surface area (Å²) in [4.78, 5) is 47.2. The van der Waals surface area contributed by atoms with Crippen LogP contribution in [0.25, 0.3) is 10.8 Å². The predicted molar refractivity (Wildman–Crippen MR) is 186 cm³/mol. The summed E-state index contributed by atoms with van der Waals surface area (Å²) in [6.07, 6.45) is 6.00. The smallest absolute Gasteiger partial charge is 0.249 e. The maximum Gasteiger partial charge on any atom is 0.249 e. The van der Waals surface area contributed by atoms with Gasteiger partial charge in [0, 0.05) is 45.6 Å². The Hall–Kier alpha value is -3.79. The molecule has 0 spiro atoms. The molecule has 47 heavy (non-hydrogen) atoms. The first-order chi connectivity index (χ1) is 22.8. The van der Waals surface area contributed by atoms with E-state index in [1.165, 1.54) is 11.3 Å². The summed E-state index contributed by atoms with van der Waals surface area (Å²) >= 11 is 0. The van der Waals surface area contributed by atoms with Crippen molar-refractivity contribution in [2.45, 2.75) is 69.1 Å². The highest BCUT2D eigenvalue weighted by atomic mass is 16.5. The van der Waals surface area contributed by atoms with Crippen molar-refractivity contribution in [3.05, 3.63) is 83.9 Å². The number of nitrogens with zero attached hydrogens (tertiary/aromatic N) is 3. The van der Waals surface area contributed by atoms with E-state index in [0.717, 1.165) is 60.7 Å². The van der Waals surface area contributed by atoms with Crippen molar-refractivity contribution in [1.29, 1.82) is 0 Å². The number of likely N-dealkylation sites (N-methyl/N-ethyl adjacent to an activating group) is 2. The molecule has 252 valence electrons. The number of ether oxygens (including phenoxy) is 1. The Bertz CT molecular complexity index is 1480. The molecule has 2 aliphatic heterocycles. The van der Waals surface area contributed by atoms with E-state index < -0.39 is 12.1 Å². The largest absolute Gasteiger partial charge is 0.370 e. The molecular weight excluding hydrogens is 590 g/mol. The molecule has 1 unspecified atom stereocenters. The average molecular weight is 642 g/mol. The van der Waals surface area contributed by atoms with Crippen LogP contribution in [0.1, 0.15) is 43.2 Å². The van der Waals surface area contributed by atoms with Crippen LogP contribution in [-0.2, 0) is 32.0 Å². The molecule has 0 aliphatic carbocycles. The number of nitrogens with one attached hydrogen (secondary N) is 2. The van der Waals surface area contributed by atoms with E-state index in [1.807, 2.05) is 60.7 Å². The molecule has 4 atom stereocenters. The van der Waals surface area contributed by atoms with Gasteiger partial charge in [0.1, 0.15) is 18.7 Å². The summed E-state index contributed by atoms with van der Waals surface area (Å²) in [6.45, 7) is 2.95. The quantitative estimate of drug-likeness (QED) is 0.263. The lowest BCUT2D eigenvalue weighted by Gasteiger charge is -2.35. The van der Waals surface area contributed by atoms with Crippen molar-refractivity contribution < 1.29 is 19.1 Å². The molecule has 0 saturated carbocycles. The average Bonchev–Trinajstić information content (AvgIpc) is 3.77. The van der Waals surface area contributed by atoms with Gasteiger partial charge in [-0.1, -0.05) is 72.8 Å². The number of hydrogen-bond acceptors (Lipinski definition) is 6. The topological polar surface area (TPSA) is 94.2 Å². The third kappa shape index (κ3) is 9.40. The fourth-order valence-corrected chi connectivity index (χ4v) is 6.90. The Kier molecular flexibility index (Phi) is 12.4. The lowest BCUT2D eigenvalue weighted by Crippen LogP contribution is -2.56. The molecule has 0 radical (unpaired) electrons. The van der Waals surface area contributed by atoms with Crippen molar-refractivity contribution in [2.24, 2.45) is 0 Å². The number of benzene rings is 3. The van der Waals surface area contributed by atoms with Crippen molar-refractivity contribution in [3.63, 3.8) is 0 Å². The summed E-state index contributed by atoms with van der Waals surface area (Å²) in [5, 5.41) is 8.70. The lowest BCUT2D eigenvalue weighted by molar-refractivity contribution is -0.149. The zero-order chi connectivity index (χ0) is 33.2. The second-order valence-corrected chi connectivity index (χ2v) is 13.2. The van der Waals surface area contributed by atoms with Crippen LogP contribution in [0.5, 0.6) is 0 Å². The maximum absolute atomic E-state index is 14.5. The second-order valence-electron chi connectivity index (χ2n) is 13.2. The fourth-order valence-electron chi connectivity index (χ4n) is 6.90.